The second kappa shape index (κ2) is 8.29. The summed E-state index contributed by atoms with van der Waals surface area (Å²) in [6, 6.07) is 7.19. The highest BCUT2D eigenvalue weighted by molar-refractivity contribution is 5.92. The first-order valence-electron chi connectivity index (χ1n) is 8.06. The van der Waals surface area contributed by atoms with Crippen molar-refractivity contribution in [2.45, 2.75) is 39.0 Å². The summed E-state index contributed by atoms with van der Waals surface area (Å²) in [5, 5.41) is 12.8. The van der Waals surface area contributed by atoms with Gasteiger partial charge in [-0.25, -0.2) is 0 Å². The molecule has 2 N–H and O–H groups in total. The third-order valence-corrected chi connectivity index (χ3v) is 3.75. The van der Waals surface area contributed by atoms with Gasteiger partial charge in [-0.05, 0) is 44.7 Å². The molecular formula is C17H26N2O4. The molecule has 0 saturated carbocycles. The summed E-state index contributed by atoms with van der Waals surface area (Å²) in [4.78, 5) is 14.1. The van der Waals surface area contributed by atoms with Crippen LogP contribution < -0.4 is 10.1 Å². The number of ether oxygens (including phenoxy) is 2. The van der Waals surface area contributed by atoms with Crippen molar-refractivity contribution in [1.29, 1.82) is 0 Å². The van der Waals surface area contributed by atoms with Crippen molar-refractivity contribution in [1.82, 2.24) is 4.90 Å². The minimum Gasteiger partial charge on any atom is -0.491 e. The van der Waals surface area contributed by atoms with Crippen LogP contribution in [0.1, 0.15) is 20.8 Å². The molecule has 1 fully saturated rings. The third-order valence-electron chi connectivity index (χ3n) is 3.75. The summed E-state index contributed by atoms with van der Waals surface area (Å²) in [7, 11) is 0. The number of rotatable bonds is 7. The number of carbonyl (C=O) groups excluding carboxylic acids is 1. The molecule has 2 rings (SSSR count). The Morgan fingerprint density at radius 2 is 2.09 bits per heavy atom. The zero-order valence-corrected chi connectivity index (χ0v) is 14.0. The van der Waals surface area contributed by atoms with Crippen LogP contribution in [0.15, 0.2) is 24.3 Å². The van der Waals surface area contributed by atoms with E-state index in [1.165, 1.54) is 0 Å². The normalized spacial score (nSPS) is 21.0. The van der Waals surface area contributed by atoms with E-state index in [1.54, 1.807) is 0 Å². The fraction of sp³-hybridized carbons (Fsp3) is 0.588. The lowest BCUT2D eigenvalue weighted by molar-refractivity contribution is -0.118. The first-order chi connectivity index (χ1) is 11.0. The van der Waals surface area contributed by atoms with Gasteiger partial charge in [0.25, 0.3) is 0 Å². The Morgan fingerprint density at radius 3 is 2.61 bits per heavy atom. The van der Waals surface area contributed by atoms with Crippen LogP contribution in [0.25, 0.3) is 0 Å². The van der Waals surface area contributed by atoms with Crippen LogP contribution in [0, 0.1) is 0 Å². The fourth-order valence-electron chi connectivity index (χ4n) is 2.62. The maximum Gasteiger partial charge on any atom is 0.238 e. The van der Waals surface area contributed by atoms with Gasteiger partial charge in [-0.1, -0.05) is 6.92 Å². The molecule has 1 saturated heterocycles. The van der Waals surface area contributed by atoms with E-state index in [9.17, 15) is 9.90 Å². The van der Waals surface area contributed by atoms with Crippen LogP contribution in [0.2, 0.25) is 0 Å². The van der Waals surface area contributed by atoms with Gasteiger partial charge in [-0.2, -0.15) is 0 Å². The standard InChI is InChI=1S/C17H26N2O4/c1-4-19(15-10-22-11-16(15)20)9-17(21)18-13-5-7-14(8-6-13)23-12(2)3/h5-8,12,15-16,20H,4,9-11H2,1-3H3,(H,18,21)/t15-,16-/m0/s1. The lowest BCUT2D eigenvalue weighted by Crippen LogP contribution is -2.46. The number of benzene rings is 1. The summed E-state index contributed by atoms with van der Waals surface area (Å²) in [5.74, 6) is 0.669. The van der Waals surface area contributed by atoms with Crippen molar-refractivity contribution in [2.75, 3.05) is 31.6 Å². The van der Waals surface area contributed by atoms with Gasteiger partial charge in [-0.3, -0.25) is 9.69 Å². The molecule has 0 aliphatic carbocycles. The van der Waals surface area contributed by atoms with E-state index < -0.39 is 6.10 Å². The second-order valence-electron chi connectivity index (χ2n) is 5.97. The number of hydrogen-bond acceptors (Lipinski definition) is 5. The summed E-state index contributed by atoms with van der Waals surface area (Å²) in [6.45, 7) is 7.61. The van der Waals surface area contributed by atoms with Crippen molar-refractivity contribution < 1.29 is 19.4 Å². The summed E-state index contributed by atoms with van der Waals surface area (Å²) >= 11 is 0. The van der Waals surface area contributed by atoms with Gasteiger partial charge < -0.3 is 19.9 Å². The van der Waals surface area contributed by atoms with E-state index in [0.717, 1.165) is 11.4 Å². The summed E-state index contributed by atoms with van der Waals surface area (Å²) < 4.78 is 10.8. The largest absolute Gasteiger partial charge is 0.491 e. The molecule has 128 valence electrons. The SMILES string of the molecule is CCN(CC(=O)Nc1ccc(OC(C)C)cc1)[C@H]1COC[C@@H]1O. The Bertz CT molecular complexity index is 504. The van der Waals surface area contributed by atoms with E-state index in [-0.39, 0.29) is 24.6 Å². The molecule has 1 aromatic carbocycles. The minimum absolute atomic E-state index is 0.108. The molecular weight excluding hydrogens is 296 g/mol. The first-order valence-corrected chi connectivity index (χ1v) is 8.06. The lowest BCUT2D eigenvalue weighted by Gasteiger charge is -2.27. The number of anilines is 1. The van der Waals surface area contributed by atoms with Gasteiger partial charge in [-0.15, -0.1) is 0 Å². The number of carbonyl (C=O) groups is 1. The molecule has 1 amide bonds. The predicted octanol–water partition coefficient (Wildman–Crippen LogP) is 1.49. The predicted molar refractivity (Wildman–Crippen MR) is 88.7 cm³/mol. The molecule has 6 nitrogen and oxygen atoms in total. The Labute approximate surface area is 137 Å². The molecule has 1 aliphatic heterocycles. The Morgan fingerprint density at radius 1 is 1.39 bits per heavy atom. The number of nitrogens with one attached hydrogen (secondary N) is 1. The van der Waals surface area contributed by atoms with Crippen molar-refractivity contribution in [2.24, 2.45) is 0 Å². The molecule has 0 radical (unpaired) electrons. The molecule has 1 heterocycles. The Balaban J connectivity index is 1.88. The van der Waals surface area contributed by atoms with Crippen molar-refractivity contribution in [3.05, 3.63) is 24.3 Å². The Hall–Kier alpha value is -1.63. The van der Waals surface area contributed by atoms with Crippen molar-refractivity contribution in [3.8, 4) is 5.75 Å². The number of aliphatic hydroxyl groups excluding tert-OH is 1. The third kappa shape index (κ3) is 5.20. The van der Waals surface area contributed by atoms with Gasteiger partial charge in [0.15, 0.2) is 0 Å². The van der Waals surface area contributed by atoms with Crippen LogP contribution in [-0.2, 0) is 9.53 Å². The van der Waals surface area contributed by atoms with Crippen molar-refractivity contribution in [3.63, 3.8) is 0 Å². The topological polar surface area (TPSA) is 71.0 Å². The van der Waals surface area contributed by atoms with Gasteiger partial charge in [0.1, 0.15) is 5.75 Å². The molecule has 0 bridgehead atoms. The van der Waals surface area contributed by atoms with Crippen LogP contribution >= 0.6 is 0 Å². The number of aliphatic hydroxyl groups is 1. The smallest absolute Gasteiger partial charge is 0.238 e. The maximum absolute atomic E-state index is 12.2. The molecule has 0 aromatic heterocycles. The highest BCUT2D eigenvalue weighted by Crippen LogP contribution is 2.17. The van der Waals surface area contributed by atoms with Crippen molar-refractivity contribution >= 4 is 11.6 Å². The molecule has 0 spiro atoms. The number of likely N-dealkylation sites (N-methyl/N-ethyl adjacent to an activating group) is 1. The average Bonchev–Trinajstić information content (AvgIpc) is 2.92. The quantitative estimate of drug-likeness (QED) is 0.796. The van der Waals surface area contributed by atoms with Gasteiger partial charge >= 0.3 is 0 Å². The number of nitrogens with zero attached hydrogens (tertiary/aromatic N) is 1. The van der Waals surface area contributed by atoms with E-state index in [2.05, 4.69) is 5.32 Å². The zero-order chi connectivity index (χ0) is 16.8. The van der Waals surface area contributed by atoms with E-state index in [4.69, 9.17) is 9.47 Å². The zero-order valence-electron chi connectivity index (χ0n) is 14.0. The average molecular weight is 322 g/mol. The van der Waals surface area contributed by atoms with Crippen LogP contribution in [0.3, 0.4) is 0 Å². The van der Waals surface area contributed by atoms with Crippen LogP contribution in [-0.4, -0.2) is 60.5 Å². The van der Waals surface area contributed by atoms with Gasteiger partial charge in [0.05, 0.1) is 38.0 Å². The van der Waals surface area contributed by atoms with E-state index in [0.29, 0.717) is 19.8 Å². The molecule has 23 heavy (non-hydrogen) atoms. The minimum atomic E-state index is -0.532. The lowest BCUT2D eigenvalue weighted by atomic mass is 10.2. The Kier molecular flexibility index (Phi) is 6.38. The summed E-state index contributed by atoms with van der Waals surface area (Å²) in [6.07, 6.45) is -0.413. The molecule has 1 aromatic rings. The molecule has 2 atom stereocenters. The fourth-order valence-corrected chi connectivity index (χ4v) is 2.62. The number of amides is 1. The molecule has 0 unspecified atom stereocenters. The highest BCUT2D eigenvalue weighted by Gasteiger charge is 2.31. The summed E-state index contributed by atoms with van der Waals surface area (Å²) in [5.41, 5.74) is 0.727. The highest BCUT2D eigenvalue weighted by atomic mass is 16.5. The monoisotopic (exact) mass is 322 g/mol. The van der Waals surface area contributed by atoms with Crippen LogP contribution in [0.5, 0.6) is 5.75 Å². The van der Waals surface area contributed by atoms with Gasteiger partial charge in [0.2, 0.25) is 5.91 Å². The molecule has 1 aliphatic rings. The van der Waals surface area contributed by atoms with E-state index >= 15 is 0 Å². The molecule has 6 heteroatoms. The number of hydrogen-bond donors (Lipinski definition) is 2. The van der Waals surface area contributed by atoms with E-state index in [1.807, 2.05) is 49.9 Å². The second-order valence-corrected chi connectivity index (χ2v) is 5.97. The van der Waals surface area contributed by atoms with Crippen LogP contribution in [0.4, 0.5) is 5.69 Å². The maximum atomic E-state index is 12.2. The van der Waals surface area contributed by atoms with Gasteiger partial charge in [0, 0.05) is 5.69 Å². The first kappa shape index (κ1) is 17.7.